The lowest BCUT2D eigenvalue weighted by Gasteiger charge is -2.49. The lowest BCUT2D eigenvalue weighted by Crippen LogP contribution is -2.63. The van der Waals surface area contributed by atoms with Crippen LogP contribution in [0.1, 0.15) is 85.7 Å². The third-order valence-electron chi connectivity index (χ3n) is 10.1. The maximum atomic E-state index is 16.0. The van der Waals surface area contributed by atoms with E-state index in [-0.39, 0.29) is 83.3 Å². The van der Waals surface area contributed by atoms with Crippen molar-refractivity contribution in [2.24, 2.45) is 11.8 Å². The average Bonchev–Trinajstić information content (AvgIpc) is 3.43. The van der Waals surface area contributed by atoms with Gasteiger partial charge in [-0.05, 0) is 64.3 Å². The molecule has 47 heavy (non-hydrogen) atoms. The number of aliphatic hydroxyl groups excluding tert-OH is 1. The first kappa shape index (κ1) is 33.1. The molecule has 1 saturated carbocycles. The van der Waals surface area contributed by atoms with E-state index in [2.05, 4.69) is 10.5 Å². The maximum Gasteiger partial charge on any atom is 0.265 e. The van der Waals surface area contributed by atoms with Crippen molar-refractivity contribution in [2.75, 3.05) is 46.2 Å². The number of hydrogen-bond donors (Lipinski definition) is 3. The predicted octanol–water partition coefficient (Wildman–Crippen LogP) is 4.07. The van der Waals surface area contributed by atoms with E-state index in [9.17, 15) is 24.6 Å². The number of fused-ring (bicyclic) bond motifs is 4. The van der Waals surface area contributed by atoms with E-state index < -0.39 is 46.6 Å². The fraction of sp³-hybridized carbons (Fsp3) is 0.588. The van der Waals surface area contributed by atoms with Gasteiger partial charge in [-0.3, -0.25) is 24.2 Å². The van der Waals surface area contributed by atoms with E-state index in [1.807, 2.05) is 25.8 Å². The third kappa shape index (κ3) is 5.23. The Morgan fingerprint density at radius 1 is 1.17 bits per heavy atom. The number of likely N-dealkylation sites (N-methyl/N-ethyl adjacent to an activating group) is 1. The summed E-state index contributed by atoms with van der Waals surface area (Å²) in [6.45, 7) is 5.19. The summed E-state index contributed by atoms with van der Waals surface area (Å²) in [6.07, 6.45) is 3.70. The van der Waals surface area contributed by atoms with Crippen molar-refractivity contribution >= 4 is 28.9 Å². The molecule has 3 N–H and O–H groups in total. The van der Waals surface area contributed by atoms with Crippen LogP contribution in [0.5, 0.6) is 11.6 Å². The topological polar surface area (TPSA) is 155 Å². The summed E-state index contributed by atoms with van der Waals surface area (Å²) in [4.78, 5) is 45.4. The Balaban J connectivity index is 1.46. The third-order valence-corrected chi connectivity index (χ3v) is 10.1. The number of ether oxygens (including phenoxy) is 2. The van der Waals surface area contributed by atoms with Gasteiger partial charge in [0.25, 0.3) is 5.88 Å². The predicted molar refractivity (Wildman–Crippen MR) is 169 cm³/mol. The van der Waals surface area contributed by atoms with E-state index in [0.29, 0.717) is 19.3 Å². The standard InChI is InChI=1S/C34H43FN4O8/c1-6-8-12-45-28-21(36-32(43)22-10-11-39(22)5)16-20(35)18-14-17-15-19-26(38(3)4)29-25(33(37-47-29)46-13-9-7-2)31(42)34(19,44)30(41)23(17)27(40)24(18)28/h16-17,19,22,26,40,44H,6-15H2,1-5H3,(H,36,43)/t17-,19-,22-,26-,34-/m0/s1. The van der Waals surface area contributed by atoms with Crippen molar-refractivity contribution in [1.29, 1.82) is 0 Å². The van der Waals surface area contributed by atoms with E-state index in [0.717, 1.165) is 19.4 Å². The molecule has 2 aromatic rings. The second-order valence-corrected chi connectivity index (χ2v) is 13.3. The smallest absolute Gasteiger partial charge is 0.265 e. The summed E-state index contributed by atoms with van der Waals surface area (Å²) in [5, 5.41) is 30.9. The summed E-state index contributed by atoms with van der Waals surface area (Å²) in [7, 11) is 5.30. The molecule has 2 fully saturated rings. The van der Waals surface area contributed by atoms with Crippen LogP contribution in [0, 0.1) is 17.7 Å². The summed E-state index contributed by atoms with van der Waals surface area (Å²) in [6, 6.07) is 0.0710. The van der Waals surface area contributed by atoms with Crippen LogP contribution in [0.25, 0.3) is 5.76 Å². The van der Waals surface area contributed by atoms with Gasteiger partial charge < -0.3 is 29.5 Å². The molecule has 13 heteroatoms. The highest BCUT2D eigenvalue weighted by atomic mass is 19.1. The number of carbonyl (C=O) groups excluding carboxylic acids is 3. The molecule has 0 radical (unpaired) electrons. The molecule has 4 aliphatic rings. The molecule has 254 valence electrons. The minimum atomic E-state index is -2.57. The fourth-order valence-electron chi connectivity index (χ4n) is 7.47. The Bertz CT molecular complexity index is 1640. The van der Waals surface area contributed by atoms with Gasteiger partial charge >= 0.3 is 0 Å². The molecule has 0 bridgehead atoms. The molecule has 1 aromatic heterocycles. The Hall–Kier alpha value is -3.81. The Labute approximate surface area is 272 Å². The van der Waals surface area contributed by atoms with Gasteiger partial charge in [0, 0.05) is 29.7 Å². The van der Waals surface area contributed by atoms with E-state index >= 15 is 4.39 Å². The summed E-state index contributed by atoms with van der Waals surface area (Å²) in [5.74, 6) is -5.01. The second kappa shape index (κ2) is 12.7. The van der Waals surface area contributed by atoms with Gasteiger partial charge in [-0.1, -0.05) is 26.7 Å². The van der Waals surface area contributed by atoms with Crippen LogP contribution in [-0.4, -0.2) is 95.2 Å². The van der Waals surface area contributed by atoms with E-state index in [1.54, 1.807) is 19.0 Å². The van der Waals surface area contributed by atoms with Gasteiger partial charge in [0.1, 0.15) is 17.1 Å². The summed E-state index contributed by atoms with van der Waals surface area (Å²) < 4.78 is 33.5. The van der Waals surface area contributed by atoms with Crippen molar-refractivity contribution in [3.63, 3.8) is 0 Å². The summed E-state index contributed by atoms with van der Waals surface area (Å²) in [5.41, 5.74) is -2.72. The number of aliphatic hydroxyl groups is 2. The number of amides is 1. The van der Waals surface area contributed by atoms with E-state index in [1.165, 1.54) is 6.07 Å². The zero-order valence-corrected chi connectivity index (χ0v) is 27.5. The lowest BCUT2D eigenvalue weighted by atomic mass is 9.57. The zero-order chi connectivity index (χ0) is 33.8. The maximum absolute atomic E-state index is 16.0. The largest absolute Gasteiger partial charge is 0.507 e. The minimum Gasteiger partial charge on any atom is -0.507 e. The molecule has 12 nitrogen and oxygen atoms in total. The molecular formula is C34H43FN4O8. The minimum absolute atomic E-state index is 0.00554. The first-order chi connectivity index (χ1) is 22.4. The van der Waals surface area contributed by atoms with Crippen LogP contribution in [0.4, 0.5) is 10.1 Å². The van der Waals surface area contributed by atoms with Gasteiger partial charge in [-0.2, -0.15) is 0 Å². The number of halogens is 1. The number of rotatable bonds is 11. The van der Waals surface area contributed by atoms with Crippen molar-refractivity contribution in [3.05, 3.63) is 39.9 Å². The number of benzene rings is 1. The van der Waals surface area contributed by atoms with Gasteiger partial charge in [-0.15, -0.1) is 0 Å². The molecule has 1 saturated heterocycles. The molecule has 6 rings (SSSR count). The highest BCUT2D eigenvalue weighted by Crippen LogP contribution is 2.56. The molecular weight excluding hydrogens is 611 g/mol. The number of carbonyl (C=O) groups is 3. The SMILES string of the molecule is CCCCOc1noc2c1C(=O)[C@@]1(O)C(=O)C3=C(O)c4c(c(F)cc(NC(=O)[C@@H]5CCN5C)c4OCCCC)C[C@H]3C[C@H]1[C@@H]2N(C)C. The first-order valence-electron chi connectivity index (χ1n) is 16.5. The molecule has 2 heterocycles. The molecule has 0 spiro atoms. The first-order valence-corrected chi connectivity index (χ1v) is 16.5. The molecule has 3 aliphatic carbocycles. The van der Waals surface area contributed by atoms with Gasteiger partial charge in [0.05, 0.1) is 36.5 Å². The van der Waals surface area contributed by atoms with E-state index in [4.69, 9.17) is 14.0 Å². The molecule has 1 amide bonds. The number of aromatic nitrogens is 1. The lowest BCUT2D eigenvalue weighted by molar-refractivity contribution is -0.142. The monoisotopic (exact) mass is 654 g/mol. The van der Waals surface area contributed by atoms with Crippen LogP contribution in [0.15, 0.2) is 16.2 Å². The number of nitrogens with zero attached hydrogens (tertiary/aromatic N) is 3. The van der Waals surface area contributed by atoms with Crippen molar-refractivity contribution < 1.29 is 43.0 Å². The number of hydrogen-bond acceptors (Lipinski definition) is 11. The number of ketones is 2. The molecule has 5 atom stereocenters. The van der Waals surface area contributed by atoms with Gasteiger partial charge in [0.15, 0.2) is 17.1 Å². The van der Waals surface area contributed by atoms with Crippen LogP contribution in [-0.2, 0) is 16.0 Å². The second-order valence-electron chi connectivity index (χ2n) is 13.3. The van der Waals surface area contributed by atoms with Gasteiger partial charge in [0.2, 0.25) is 17.5 Å². The Kier molecular flexibility index (Phi) is 8.92. The molecule has 1 aromatic carbocycles. The number of Topliss-reactive ketones (excluding diaryl/α,β-unsaturated/α-hetero) is 2. The van der Waals surface area contributed by atoms with Crippen LogP contribution < -0.4 is 14.8 Å². The highest BCUT2D eigenvalue weighted by Gasteiger charge is 2.65. The fourth-order valence-corrected chi connectivity index (χ4v) is 7.47. The van der Waals surface area contributed by atoms with Crippen LogP contribution >= 0.6 is 0 Å². The van der Waals surface area contributed by atoms with Crippen molar-refractivity contribution in [2.45, 2.75) is 76.5 Å². The highest BCUT2D eigenvalue weighted by molar-refractivity contribution is 6.26. The van der Waals surface area contributed by atoms with Crippen LogP contribution in [0.2, 0.25) is 0 Å². The van der Waals surface area contributed by atoms with Crippen molar-refractivity contribution in [3.8, 4) is 11.6 Å². The number of unbranched alkanes of at least 4 members (excludes halogenated alkanes) is 2. The molecule has 0 unspecified atom stereocenters. The van der Waals surface area contributed by atoms with Crippen LogP contribution in [0.3, 0.4) is 0 Å². The zero-order valence-electron chi connectivity index (χ0n) is 27.5. The average molecular weight is 655 g/mol. The van der Waals surface area contributed by atoms with Gasteiger partial charge in [-0.25, -0.2) is 4.39 Å². The Morgan fingerprint density at radius 2 is 1.87 bits per heavy atom. The normalized spacial score (nSPS) is 26.7. The number of nitrogens with one attached hydrogen (secondary N) is 1. The van der Waals surface area contributed by atoms with Crippen molar-refractivity contribution in [1.82, 2.24) is 15.0 Å². The molecule has 1 aliphatic heterocycles. The Morgan fingerprint density at radius 3 is 2.49 bits per heavy atom. The number of anilines is 1. The number of likely N-dealkylation sites (tertiary alicyclic amines) is 1. The summed E-state index contributed by atoms with van der Waals surface area (Å²) >= 11 is 0. The quantitative estimate of drug-likeness (QED) is 0.237.